The average Bonchev–Trinajstić information content (AvgIpc) is 0.845. The second-order valence-corrected chi connectivity index (χ2v) is 29.4. The van der Waals surface area contributed by atoms with Crippen molar-refractivity contribution in [2.75, 3.05) is 24.9 Å². The van der Waals surface area contributed by atoms with Gasteiger partial charge in [0.05, 0.1) is 21.1 Å². The lowest BCUT2D eigenvalue weighted by Gasteiger charge is -2.20. The van der Waals surface area contributed by atoms with Crippen LogP contribution in [0.1, 0.15) is 121 Å². The van der Waals surface area contributed by atoms with Gasteiger partial charge in [-0.1, -0.05) is 374 Å². The van der Waals surface area contributed by atoms with Gasteiger partial charge in [-0.25, -0.2) is 0 Å². The maximum Gasteiger partial charge on any atom is 0.119 e. The van der Waals surface area contributed by atoms with Crippen LogP contribution in [0.15, 0.2) is 382 Å². The highest BCUT2D eigenvalue weighted by Gasteiger charge is 2.15. The first-order valence-corrected chi connectivity index (χ1v) is 37.5. The second-order valence-electron chi connectivity index (χ2n) is 29.4. The topological polar surface area (TPSA) is 42.5 Å². The number of ether oxygens (including phenoxy) is 2. The summed E-state index contributed by atoms with van der Waals surface area (Å²) in [4.78, 5) is 0. The minimum Gasteiger partial charge on any atom is -0.497 e. The van der Waals surface area contributed by atoms with Crippen molar-refractivity contribution in [2.24, 2.45) is 0 Å². The van der Waals surface area contributed by atoms with Crippen LogP contribution < -0.4 is 20.1 Å². The van der Waals surface area contributed by atoms with Crippen LogP contribution in [0.4, 0.5) is 22.7 Å². The Balaban J connectivity index is 0.000000146. The smallest absolute Gasteiger partial charge is 0.119 e. The highest BCUT2D eigenvalue weighted by molar-refractivity contribution is 5.95. The molecule has 548 valence electrons. The molecule has 4 nitrogen and oxygen atoms in total. The van der Waals surface area contributed by atoms with Crippen molar-refractivity contribution >= 4 is 33.5 Å². The third kappa shape index (κ3) is 26.3. The van der Waals surface area contributed by atoms with E-state index in [1.54, 1.807) is 38.5 Å². The molecule has 0 saturated heterocycles. The number of rotatable bonds is 16. The molecule has 0 heterocycles. The van der Waals surface area contributed by atoms with E-state index < -0.39 is 0 Å². The first kappa shape index (κ1) is 72.3. The predicted molar refractivity (Wildman–Crippen MR) is 468 cm³/mol. The van der Waals surface area contributed by atoms with Gasteiger partial charge >= 0.3 is 0 Å². The molecule has 0 aliphatic carbocycles. The highest BCUT2D eigenvalue weighted by atomic mass is 16.5. The fourth-order valence-electron chi connectivity index (χ4n) is 12.1. The van der Waals surface area contributed by atoms with E-state index in [2.05, 4.69) is 358 Å². The Kier molecular flexibility index (Phi) is 26.9. The van der Waals surface area contributed by atoms with E-state index in [0.29, 0.717) is 5.69 Å². The number of para-hydroxylation sites is 2. The summed E-state index contributed by atoms with van der Waals surface area (Å²) in [5.41, 5.74) is 26.0. The largest absolute Gasteiger partial charge is 0.497 e. The third-order valence-electron chi connectivity index (χ3n) is 18.6. The molecule has 15 aromatic rings. The number of methoxy groups -OCH3 is 2. The summed E-state index contributed by atoms with van der Waals surface area (Å²) >= 11 is 0. The number of nitrogens with one attached hydrogen (secondary N) is 2. The number of hydrogen-bond donors (Lipinski definition) is 2. The van der Waals surface area contributed by atoms with E-state index >= 15 is 0 Å². The minimum absolute atomic E-state index is 0.0900. The fourth-order valence-corrected chi connectivity index (χ4v) is 12.1. The Morgan fingerprint density at radius 3 is 0.972 bits per heavy atom. The Morgan fingerprint density at radius 2 is 0.569 bits per heavy atom. The van der Waals surface area contributed by atoms with Crippen LogP contribution in [-0.2, 0) is 36.5 Å². The average molecular weight is 1430 g/mol. The van der Waals surface area contributed by atoms with Gasteiger partial charge in [0.2, 0.25) is 0 Å². The molecule has 0 radical (unpaired) electrons. The molecule has 109 heavy (non-hydrogen) atoms. The zero-order valence-corrected chi connectivity index (χ0v) is 65.1. The van der Waals surface area contributed by atoms with Crippen molar-refractivity contribution in [1.82, 2.24) is 0 Å². The minimum atomic E-state index is -0.386. The number of anilines is 4. The van der Waals surface area contributed by atoms with Crippen LogP contribution in [0, 0.1) is 20.8 Å². The van der Waals surface area contributed by atoms with E-state index in [1.165, 1.54) is 105 Å². The first-order valence-electron chi connectivity index (χ1n) is 40.0. The van der Waals surface area contributed by atoms with Crippen molar-refractivity contribution in [3.05, 3.63) is 454 Å². The van der Waals surface area contributed by atoms with Gasteiger partial charge in [0, 0.05) is 28.1 Å². The zero-order valence-electron chi connectivity index (χ0n) is 70.1. The van der Waals surface area contributed by atoms with Gasteiger partial charge in [0.25, 0.3) is 0 Å². The van der Waals surface area contributed by atoms with Gasteiger partial charge in [0.15, 0.2) is 0 Å². The summed E-state index contributed by atoms with van der Waals surface area (Å²) in [7, 11) is 3.36. The molecule has 0 aliphatic rings. The Bertz CT molecular complexity index is 5270. The van der Waals surface area contributed by atoms with Crippen molar-refractivity contribution < 1.29 is 16.3 Å². The van der Waals surface area contributed by atoms with Crippen LogP contribution in [0.2, 0.25) is 0 Å². The lowest BCUT2D eigenvalue weighted by atomic mass is 9.85. The van der Waals surface area contributed by atoms with Crippen LogP contribution in [0.5, 0.6) is 11.5 Å². The summed E-state index contributed by atoms with van der Waals surface area (Å²) in [5.74, 6) is 1.77. The molecule has 4 heteroatoms. The summed E-state index contributed by atoms with van der Waals surface area (Å²) in [6.45, 7) is 19.9. The second kappa shape index (κ2) is 40.5. The lowest BCUT2D eigenvalue weighted by molar-refractivity contribution is 0.414. The van der Waals surface area contributed by atoms with Crippen LogP contribution >= 0.6 is 0 Å². The molecule has 0 aromatic heterocycles. The third-order valence-corrected chi connectivity index (χ3v) is 18.6. The standard InChI is InChI=1S/C25H20.C21H28.C17H15NO.C15H16O.C15H16.C12H11N/c1-3-7-20(8-4-1)19-21-11-13-23(14-12-21)25-17-15-24(16-18-25)22-9-5-2-6-10-22;1-20(2,3)18-11-7-16(8-12-18)15-17-9-13-19(14-10-17)21(4,5)6;1-19-15-11-9-14(10-12-15)18-17-8-4-6-13-5-2-3-7-16(13)17;1-12-3-5-13(6-4-12)11-14-7-9-15(16-2)10-8-14;1-12-3-7-14(8-4-12)11-15-9-5-13(2)6-10-15;1-3-7-11(8-4-1)13-12-9-5-2-6-10-12/h1-18H,19H2;7-14H,15H2,1-6H3;2-12,18H,1H3;3-10H,11H2,1-2H3;3-10H,11H2,1-2H3;1-10,13H/i;;;;;1D,3D,4D,7D,8D. The Morgan fingerprint density at radius 1 is 0.266 bits per heavy atom. The molecule has 0 bridgehead atoms. The molecular weight excluding hydrogens is 1320 g/mol. The van der Waals surface area contributed by atoms with Gasteiger partial charge in [-0.05, 0) is 207 Å². The first-order chi connectivity index (χ1) is 54.9. The van der Waals surface area contributed by atoms with Gasteiger partial charge in [-0.2, -0.15) is 0 Å². The lowest BCUT2D eigenvalue weighted by Crippen LogP contribution is -2.11. The molecule has 0 amide bonds. The van der Waals surface area contributed by atoms with Gasteiger partial charge in [-0.3, -0.25) is 0 Å². The number of hydrogen-bond acceptors (Lipinski definition) is 4. The van der Waals surface area contributed by atoms with E-state index in [-0.39, 0.29) is 46.7 Å². The Hall–Kier alpha value is -12.2. The van der Waals surface area contributed by atoms with Crippen molar-refractivity contribution in [2.45, 2.75) is 98.8 Å². The molecule has 15 rings (SSSR count). The normalized spacial score (nSPS) is 11.3. The van der Waals surface area contributed by atoms with Crippen molar-refractivity contribution in [1.29, 1.82) is 0 Å². The summed E-state index contributed by atoms with van der Waals surface area (Å²) < 4.78 is 48.4. The van der Waals surface area contributed by atoms with Gasteiger partial charge in [0.1, 0.15) is 11.5 Å². The van der Waals surface area contributed by atoms with Crippen molar-refractivity contribution in [3.8, 4) is 33.8 Å². The molecule has 0 unspecified atom stereocenters. The van der Waals surface area contributed by atoms with Crippen molar-refractivity contribution in [3.63, 3.8) is 0 Å². The zero-order chi connectivity index (χ0) is 81.0. The van der Waals surface area contributed by atoms with Gasteiger partial charge < -0.3 is 20.1 Å². The molecule has 0 spiro atoms. The predicted octanol–water partition coefficient (Wildman–Crippen LogP) is 28.0. The number of fused-ring (bicyclic) bond motifs is 1. The maximum absolute atomic E-state index is 7.75. The number of benzene rings is 15. The van der Waals surface area contributed by atoms with Gasteiger partial charge in [-0.15, -0.1) is 0 Å². The highest BCUT2D eigenvalue weighted by Crippen LogP contribution is 2.30. The van der Waals surface area contributed by atoms with Crippen LogP contribution in [0.25, 0.3) is 33.0 Å². The quantitative estimate of drug-likeness (QED) is 0.101. The maximum atomic E-state index is 7.75. The molecule has 0 fully saturated rings. The SMILES string of the molecule is CC(C)(C)c1ccc(Cc2ccc(C(C)(C)C)cc2)cc1.COc1ccc(Cc2ccc(C)cc2)cc1.COc1ccc(Nc2cccc3ccccc23)cc1.Cc1ccc(Cc2ccc(C)cc2)cc1.[2H]c1c([2H])c([2H])c(Nc2ccccc2)c([2H])c1[2H].c1ccc(Cc2ccc(-c3ccc(-c4ccccc4)cc3)cc2)cc1. The molecular formula is C105H106N2O2. The Labute approximate surface area is 657 Å². The summed E-state index contributed by atoms with van der Waals surface area (Å²) in [6, 6.07) is 121. The summed E-state index contributed by atoms with van der Waals surface area (Å²) in [5, 5.41) is 8.75. The van der Waals surface area contributed by atoms with Crippen LogP contribution in [0.3, 0.4) is 0 Å². The molecule has 2 N–H and O–H groups in total. The molecule has 0 atom stereocenters. The summed E-state index contributed by atoms with van der Waals surface area (Å²) in [6.07, 6.45) is 3.99. The van der Waals surface area contributed by atoms with E-state index in [1.807, 2.05) is 42.5 Å². The number of aryl methyl sites for hydroxylation is 3. The monoisotopic (exact) mass is 1430 g/mol. The van der Waals surface area contributed by atoms with E-state index in [9.17, 15) is 0 Å². The molecule has 0 saturated carbocycles. The van der Waals surface area contributed by atoms with E-state index in [0.717, 1.165) is 48.6 Å². The molecule has 15 aromatic carbocycles. The van der Waals surface area contributed by atoms with Crippen LogP contribution in [-0.4, -0.2) is 14.2 Å². The fraction of sp³-hybridized carbons (Fsp3) is 0.162. The van der Waals surface area contributed by atoms with E-state index in [4.69, 9.17) is 16.3 Å². The molecule has 0 aliphatic heterocycles.